The molecule has 200 valence electrons. The highest BCUT2D eigenvalue weighted by molar-refractivity contribution is 5.88. The van der Waals surface area contributed by atoms with Gasteiger partial charge in [0.2, 0.25) is 5.91 Å². The van der Waals surface area contributed by atoms with Gasteiger partial charge in [-0.3, -0.25) is 19.4 Å². The van der Waals surface area contributed by atoms with Crippen LogP contribution in [0.4, 0.5) is 4.79 Å². The van der Waals surface area contributed by atoms with Gasteiger partial charge in [-0.2, -0.15) is 5.26 Å². The first-order valence-corrected chi connectivity index (χ1v) is 12.8. The van der Waals surface area contributed by atoms with E-state index in [0.717, 1.165) is 10.5 Å². The normalized spacial score (nSPS) is 16.1. The van der Waals surface area contributed by atoms with Crippen molar-refractivity contribution in [2.45, 2.75) is 31.5 Å². The third kappa shape index (κ3) is 7.21. The second-order valence-electron chi connectivity index (χ2n) is 9.19. The van der Waals surface area contributed by atoms with Crippen molar-refractivity contribution in [2.24, 2.45) is 0 Å². The van der Waals surface area contributed by atoms with Crippen LogP contribution in [0.1, 0.15) is 30.0 Å². The number of carbonyl (C=O) groups excluding carboxylic acids is 2. The molecule has 2 amide bonds. The second-order valence-corrected chi connectivity index (χ2v) is 9.19. The van der Waals surface area contributed by atoms with Gasteiger partial charge in [0.15, 0.2) is 5.78 Å². The summed E-state index contributed by atoms with van der Waals surface area (Å²) < 4.78 is 5.91. The number of amides is 2. The van der Waals surface area contributed by atoms with Crippen molar-refractivity contribution in [2.75, 3.05) is 19.6 Å². The molecule has 9 nitrogen and oxygen atoms in total. The molecule has 1 saturated heterocycles. The second kappa shape index (κ2) is 13.2. The fourth-order valence-electron chi connectivity index (χ4n) is 4.69. The largest absolute Gasteiger partial charge is 0.465 e. The van der Waals surface area contributed by atoms with E-state index in [-0.39, 0.29) is 37.6 Å². The summed E-state index contributed by atoms with van der Waals surface area (Å²) >= 11 is 0. The number of nitriles is 1. The van der Waals surface area contributed by atoms with Crippen LogP contribution in [0.2, 0.25) is 0 Å². The van der Waals surface area contributed by atoms with Crippen LogP contribution in [0, 0.1) is 11.3 Å². The van der Waals surface area contributed by atoms with Gasteiger partial charge >= 0.3 is 6.09 Å². The van der Waals surface area contributed by atoms with Gasteiger partial charge in [-0.1, -0.05) is 60.7 Å². The van der Waals surface area contributed by atoms with Crippen LogP contribution in [0.25, 0.3) is 0 Å². The van der Waals surface area contributed by atoms with Crippen LogP contribution < -0.4 is 10.1 Å². The number of nitrogens with zero attached hydrogens (tertiary/aromatic N) is 3. The van der Waals surface area contributed by atoms with Gasteiger partial charge in [-0.25, -0.2) is 4.79 Å². The Bertz CT molecular complexity index is 1330. The van der Waals surface area contributed by atoms with Crippen molar-refractivity contribution < 1.29 is 24.2 Å². The Balaban J connectivity index is 1.48. The summed E-state index contributed by atoms with van der Waals surface area (Å²) in [4.78, 5) is 40.5. The summed E-state index contributed by atoms with van der Waals surface area (Å²) in [6.45, 7) is 0.611. The van der Waals surface area contributed by atoms with Crippen LogP contribution in [0.5, 0.6) is 11.5 Å². The summed E-state index contributed by atoms with van der Waals surface area (Å²) in [5, 5.41) is 22.8. The Labute approximate surface area is 227 Å². The predicted molar refractivity (Wildman–Crippen MR) is 144 cm³/mol. The highest BCUT2D eigenvalue weighted by Gasteiger charge is 2.41. The molecule has 0 spiro atoms. The van der Waals surface area contributed by atoms with E-state index >= 15 is 0 Å². The Morgan fingerprint density at radius 2 is 1.67 bits per heavy atom. The minimum Gasteiger partial charge on any atom is -0.465 e. The highest BCUT2D eigenvalue weighted by Crippen LogP contribution is 2.31. The molecule has 0 saturated carbocycles. The fourth-order valence-corrected chi connectivity index (χ4v) is 4.69. The van der Waals surface area contributed by atoms with E-state index in [1.807, 2.05) is 60.7 Å². The lowest BCUT2D eigenvalue weighted by Gasteiger charge is -2.43. The van der Waals surface area contributed by atoms with Gasteiger partial charge in [0.05, 0.1) is 12.5 Å². The zero-order valence-electron chi connectivity index (χ0n) is 21.4. The highest BCUT2D eigenvalue weighted by atomic mass is 16.5. The summed E-state index contributed by atoms with van der Waals surface area (Å²) in [6, 6.07) is 26.9. The van der Waals surface area contributed by atoms with Crippen LogP contribution in [-0.4, -0.2) is 58.5 Å². The zero-order chi connectivity index (χ0) is 27.6. The maximum Gasteiger partial charge on any atom is 0.408 e. The molecule has 1 aliphatic heterocycles. The molecule has 4 rings (SSSR count). The molecule has 2 N–H and O–H groups in total. The lowest BCUT2D eigenvalue weighted by atomic mass is 10.0. The lowest BCUT2D eigenvalue weighted by Crippen LogP contribution is -2.60. The number of benzene rings is 3. The smallest absolute Gasteiger partial charge is 0.408 e. The summed E-state index contributed by atoms with van der Waals surface area (Å²) in [5.74, 6) is 0.555. The van der Waals surface area contributed by atoms with Gasteiger partial charge < -0.3 is 15.2 Å². The summed E-state index contributed by atoms with van der Waals surface area (Å²) in [6.07, 6.45) is -1.79. The first-order chi connectivity index (χ1) is 19.0. The number of carboxylic acid groups (broad SMARTS) is 1. The van der Waals surface area contributed by atoms with Crippen molar-refractivity contribution in [3.05, 3.63) is 96.1 Å². The van der Waals surface area contributed by atoms with E-state index < -0.39 is 18.3 Å². The number of para-hydroxylation sites is 1. The van der Waals surface area contributed by atoms with E-state index in [0.29, 0.717) is 30.0 Å². The predicted octanol–water partition coefficient (Wildman–Crippen LogP) is 4.37. The van der Waals surface area contributed by atoms with E-state index in [9.17, 15) is 24.8 Å². The van der Waals surface area contributed by atoms with E-state index in [1.54, 1.807) is 29.2 Å². The standard InChI is InChI=1S/C30H30N4O5/c31-21-26(23-11-7-14-25(20-23)39-24-12-5-2-6-13-24)33-17-8-18-34(30(37)38)29(33)27(35)15-16-32-28(36)19-22-9-3-1-4-10-22/h1-7,9-14,20,26,29H,8,15-19H2,(H,32,36)(H,37,38). The lowest BCUT2D eigenvalue weighted by molar-refractivity contribution is -0.134. The minimum atomic E-state index is -1.23. The Hall–Kier alpha value is -4.68. The monoisotopic (exact) mass is 526 g/mol. The maximum absolute atomic E-state index is 13.4. The van der Waals surface area contributed by atoms with Gasteiger partial charge in [0.1, 0.15) is 23.7 Å². The van der Waals surface area contributed by atoms with E-state index in [4.69, 9.17) is 4.74 Å². The molecule has 39 heavy (non-hydrogen) atoms. The average Bonchev–Trinajstić information content (AvgIpc) is 2.94. The van der Waals surface area contributed by atoms with Crippen molar-refractivity contribution in [3.63, 3.8) is 0 Å². The molecule has 0 aliphatic carbocycles. The molecule has 1 heterocycles. The number of hydrogen-bond donors (Lipinski definition) is 2. The summed E-state index contributed by atoms with van der Waals surface area (Å²) in [5.41, 5.74) is 1.44. The molecule has 0 aromatic heterocycles. The first kappa shape index (κ1) is 27.4. The quantitative estimate of drug-likeness (QED) is 0.402. The van der Waals surface area contributed by atoms with Gasteiger partial charge in [0, 0.05) is 26.1 Å². The molecule has 2 unspecified atom stereocenters. The minimum absolute atomic E-state index is 0.0687. The maximum atomic E-state index is 13.4. The van der Waals surface area contributed by atoms with Gasteiger partial charge in [-0.15, -0.1) is 0 Å². The SMILES string of the molecule is N#CC(c1cccc(Oc2ccccc2)c1)N1CCCN(C(=O)O)C1C(=O)CCNC(=O)Cc1ccccc1. The Morgan fingerprint density at radius 3 is 2.36 bits per heavy atom. The van der Waals surface area contributed by atoms with Crippen LogP contribution in [0.3, 0.4) is 0 Å². The number of rotatable bonds is 10. The van der Waals surface area contributed by atoms with Crippen LogP contribution in [-0.2, 0) is 16.0 Å². The molecule has 0 radical (unpaired) electrons. The molecular formula is C30H30N4O5. The van der Waals surface area contributed by atoms with Crippen LogP contribution in [0.15, 0.2) is 84.9 Å². The fraction of sp³-hybridized carbons (Fsp3) is 0.267. The molecule has 3 aromatic rings. The molecule has 1 fully saturated rings. The number of ketones is 1. The third-order valence-corrected chi connectivity index (χ3v) is 6.47. The zero-order valence-corrected chi connectivity index (χ0v) is 21.4. The molecule has 9 heteroatoms. The molecular weight excluding hydrogens is 496 g/mol. The van der Waals surface area contributed by atoms with E-state index in [1.165, 1.54) is 0 Å². The molecule has 1 aliphatic rings. The van der Waals surface area contributed by atoms with Gasteiger partial charge in [-0.05, 0) is 41.8 Å². The average molecular weight is 527 g/mol. The van der Waals surface area contributed by atoms with Crippen molar-refractivity contribution >= 4 is 17.8 Å². The number of hydrogen-bond acceptors (Lipinski definition) is 6. The van der Waals surface area contributed by atoms with E-state index in [2.05, 4.69) is 11.4 Å². The molecule has 0 bridgehead atoms. The molecule has 2 atom stereocenters. The van der Waals surface area contributed by atoms with Crippen molar-refractivity contribution in [3.8, 4) is 17.6 Å². The number of nitrogens with one attached hydrogen (secondary N) is 1. The van der Waals surface area contributed by atoms with Crippen LogP contribution >= 0.6 is 0 Å². The molecule has 3 aromatic carbocycles. The third-order valence-electron chi connectivity index (χ3n) is 6.47. The van der Waals surface area contributed by atoms with Crippen molar-refractivity contribution in [1.82, 2.24) is 15.1 Å². The Kier molecular flexibility index (Phi) is 9.27. The number of Topliss-reactive ketones (excluding diaryl/α,β-unsaturated/α-hetero) is 1. The first-order valence-electron chi connectivity index (χ1n) is 12.8. The number of ether oxygens (including phenoxy) is 1. The Morgan fingerprint density at radius 1 is 0.974 bits per heavy atom. The summed E-state index contributed by atoms with van der Waals surface area (Å²) in [7, 11) is 0. The topological polar surface area (TPSA) is 123 Å². The number of carbonyl (C=O) groups is 3. The van der Waals surface area contributed by atoms with Gasteiger partial charge in [0.25, 0.3) is 0 Å². The van der Waals surface area contributed by atoms with Crippen molar-refractivity contribution in [1.29, 1.82) is 5.26 Å².